The third kappa shape index (κ3) is 4.99. The maximum Gasteiger partial charge on any atom is 0.287 e. The highest BCUT2D eigenvalue weighted by Crippen LogP contribution is 2.23. The predicted molar refractivity (Wildman–Crippen MR) is 116 cm³/mol. The number of carbonyl (C=O) groups is 2. The number of hydrogen-bond acceptors (Lipinski definition) is 5. The van der Waals surface area contributed by atoms with Crippen molar-refractivity contribution < 1.29 is 22.4 Å². The molecular weight excluding hydrogens is 418 g/mol. The first-order valence-corrected chi connectivity index (χ1v) is 11.8. The van der Waals surface area contributed by atoms with E-state index >= 15 is 0 Å². The van der Waals surface area contributed by atoms with Crippen LogP contribution in [0.2, 0.25) is 0 Å². The summed E-state index contributed by atoms with van der Waals surface area (Å²) in [7, 11) is -3.64. The summed E-state index contributed by atoms with van der Waals surface area (Å²) in [6.45, 7) is 8.29. The third-order valence-electron chi connectivity index (χ3n) is 5.48. The molecule has 0 radical (unpaired) electrons. The van der Waals surface area contributed by atoms with Crippen LogP contribution in [0.3, 0.4) is 0 Å². The molecule has 168 valence electrons. The maximum atomic E-state index is 13.1. The minimum atomic E-state index is -3.64. The number of nitrogens with zero attached hydrogens (tertiary/aromatic N) is 2. The molecule has 9 heteroatoms. The van der Waals surface area contributed by atoms with Crippen LogP contribution in [-0.2, 0) is 14.8 Å². The Balaban J connectivity index is 1.68. The number of piperazine rings is 1. The smallest absolute Gasteiger partial charge is 0.287 e. The van der Waals surface area contributed by atoms with Crippen molar-refractivity contribution in [2.75, 3.05) is 26.2 Å². The van der Waals surface area contributed by atoms with Crippen LogP contribution in [0.25, 0.3) is 0 Å². The van der Waals surface area contributed by atoms with E-state index in [0.29, 0.717) is 10.5 Å². The maximum absolute atomic E-state index is 13.1. The quantitative estimate of drug-likeness (QED) is 0.732. The lowest BCUT2D eigenvalue weighted by Gasteiger charge is -2.36. The first kappa shape index (κ1) is 23.0. The normalized spacial score (nSPS) is 16.4. The van der Waals surface area contributed by atoms with E-state index in [1.165, 1.54) is 16.6 Å². The zero-order chi connectivity index (χ0) is 22.8. The molecule has 31 heavy (non-hydrogen) atoms. The van der Waals surface area contributed by atoms with E-state index < -0.39 is 22.0 Å². The number of furan rings is 1. The van der Waals surface area contributed by atoms with E-state index in [0.717, 1.165) is 5.56 Å². The second kappa shape index (κ2) is 9.23. The van der Waals surface area contributed by atoms with Crippen molar-refractivity contribution >= 4 is 21.8 Å². The first-order valence-electron chi connectivity index (χ1n) is 10.3. The molecule has 1 atom stereocenters. The second-order valence-corrected chi connectivity index (χ2v) is 10.1. The lowest BCUT2D eigenvalue weighted by atomic mass is 10.0. The van der Waals surface area contributed by atoms with Crippen LogP contribution in [0.1, 0.15) is 35.5 Å². The first-order chi connectivity index (χ1) is 14.6. The van der Waals surface area contributed by atoms with Crippen LogP contribution < -0.4 is 5.32 Å². The van der Waals surface area contributed by atoms with Gasteiger partial charge in [0.1, 0.15) is 6.04 Å². The predicted octanol–water partition coefficient (Wildman–Crippen LogP) is 2.18. The highest BCUT2D eigenvalue weighted by molar-refractivity contribution is 7.89. The summed E-state index contributed by atoms with van der Waals surface area (Å²) in [5.74, 6) is -0.669. The van der Waals surface area contributed by atoms with E-state index in [9.17, 15) is 18.0 Å². The SMILES string of the molecule is Cc1ccc(C)c(S(=O)(=O)N2CCN(C(=O)[C@@H](NC(=O)c3ccco3)C(C)C)CC2)c1. The van der Waals surface area contributed by atoms with Gasteiger partial charge in [-0.15, -0.1) is 0 Å². The number of benzene rings is 1. The van der Waals surface area contributed by atoms with E-state index in [-0.39, 0.29) is 43.8 Å². The molecule has 0 aliphatic carbocycles. The van der Waals surface area contributed by atoms with Gasteiger partial charge in [-0.1, -0.05) is 26.0 Å². The van der Waals surface area contributed by atoms with Crippen LogP contribution in [-0.4, -0.2) is 61.7 Å². The van der Waals surface area contributed by atoms with Gasteiger partial charge in [-0.05, 0) is 49.1 Å². The van der Waals surface area contributed by atoms with E-state index in [1.807, 2.05) is 26.8 Å². The summed E-state index contributed by atoms with van der Waals surface area (Å²) in [6, 6.07) is 7.79. The number of aryl methyl sites for hydroxylation is 2. The van der Waals surface area contributed by atoms with Crippen molar-refractivity contribution in [2.45, 2.75) is 38.6 Å². The van der Waals surface area contributed by atoms with Crippen LogP contribution >= 0.6 is 0 Å². The van der Waals surface area contributed by atoms with Gasteiger partial charge in [-0.2, -0.15) is 4.31 Å². The fourth-order valence-corrected chi connectivity index (χ4v) is 5.34. The minimum Gasteiger partial charge on any atom is -0.459 e. The van der Waals surface area contributed by atoms with Gasteiger partial charge < -0.3 is 14.6 Å². The Kier molecular flexibility index (Phi) is 6.86. The van der Waals surface area contributed by atoms with E-state index in [4.69, 9.17) is 4.42 Å². The third-order valence-corrected chi connectivity index (χ3v) is 7.52. The highest BCUT2D eigenvalue weighted by atomic mass is 32.2. The molecule has 2 heterocycles. The molecule has 1 aromatic carbocycles. The number of carbonyl (C=O) groups excluding carboxylic acids is 2. The Morgan fingerprint density at radius 2 is 1.74 bits per heavy atom. The molecule has 3 rings (SSSR count). The fraction of sp³-hybridized carbons (Fsp3) is 0.455. The molecular formula is C22H29N3O5S. The van der Waals surface area contributed by atoms with Crippen LogP contribution in [0, 0.1) is 19.8 Å². The van der Waals surface area contributed by atoms with Crippen molar-refractivity contribution in [2.24, 2.45) is 5.92 Å². The molecule has 2 aromatic rings. The molecule has 1 saturated heterocycles. The molecule has 0 bridgehead atoms. The van der Waals surface area contributed by atoms with Gasteiger partial charge >= 0.3 is 0 Å². The van der Waals surface area contributed by atoms with Gasteiger partial charge in [-0.25, -0.2) is 8.42 Å². The van der Waals surface area contributed by atoms with Crippen LogP contribution in [0.5, 0.6) is 0 Å². The monoisotopic (exact) mass is 447 g/mol. The summed E-state index contributed by atoms with van der Waals surface area (Å²) in [4.78, 5) is 27.3. The Bertz CT molecular complexity index is 1040. The van der Waals surface area contributed by atoms with Crippen molar-refractivity contribution in [3.05, 3.63) is 53.5 Å². The topological polar surface area (TPSA) is 99.9 Å². The molecule has 2 amide bonds. The molecule has 0 saturated carbocycles. The molecule has 1 aliphatic heterocycles. The lowest BCUT2D eigenvalue weighted by molar-refractivity contribution is -0.135. The zero-order valence-corrected chi connectivity index (χ0v) is 19.1. The van der Waals surface area contributed by atoms with Gasteiger partial charge in [0.15, 0.2) is 5.76 Å². The standard InChI is InChI=1S/C22H29N3O5S/c1-15(2)20(23-21(26)18-6-5-13-30-18)22(27)24-9-11-25(12-10-24)31(28,29)19-14-16(3)7-8-17(19)4/h5-8,13-15,20H,9-12H2,1-4H3,(H,23,26)/t20-/m0/s1. The fourth-order valence-electron chi connectivity index (χ4n) is 3.60. The van der Waals surface area contributed by atoms with Crippen molar-refractivity contribution in [1.82, 2.24) is 14.5 Å². The molecule has 1 aliphatic rings. The zero-order valence-electron chi connectivity index (χ0n) is 18.3. The average molecular weight is 448 g/mol. The van der Waals surface area contributed by atoms with Crippen LogP contribution in [0.4, 0.5) is 0 Å². The Morgan fingerprint density at radius 3 is 2.32 bits per heavy atom. The molecule has 1 fully saturated rings. The Hall–Kier alpha value is -2.65. The van der Waals surface area contributed by atoms with Gasteiger partial charge in [0.25, 0.3) is 5.91 Å². The minimum absolute atomic E-state index is 0.136. The summed E-state index contributed by atoms with van der Waals surface area (Å²) in [6.07, 6.45) is 1.40. The van der Waals surface area contributed by atoms with Crippen molar-refractivity contribution in [3.8, 4) is 0 Å². The van der Waals surface area contributed by atoms with Gasteiger partial charge in [0.2, 0.25) is 15.9 Å². The van der Waals surface area contributed by atoms with E-state index in [2.05, 4.69) is 5.32 Å². The number of amides is 2. The Morgan fingerprint density at radius 1 is 1.06 bits per heavy atom. The number of sulfonamides is 1. The summed E-state index contributed by atoms with van der Waals surface area (Å²) in [5, 5.41) is 2.74. The molecule has 0 spiro atoms. The largest absolute Gasteiger partial charge is 0.459 e. The van der Waals surface area contributed by atoms with Gasteiger partial charge in [0, 0.05) is 26.2 Å². The summed E-state index contributed by atoms with van der Waals surface area (Å²) in [5.41, 5.74) is 1.58. The molecule has 0 unspecified atom stereocenters. The molecule has 8 nitrogen and oxygen atoms in total. The number of hydrogen-bond donors (Lipinski definition) is 1. The number of nitrogens with one attached hydrogen (secondary N) is 1. The second-order valence-electron chi connectivity index (χ2n) is 8.17. The number of rotatable bonds is 6. The molecule has 1 N–H and O–H groups in total. The lowest BCUT2D eigenvalue weighted by Crippen LogP contribution is -2.57. The summed E-state index contributed by atoms with van der Waals surface area (Å²) < 4.78 is 32.7. The van der Waals surface area contributed by atoms with Crippen molar-refractivity contribution in [3.63, 3.8) is 0 Å². The summed E-state index contributed by atoms with van der Waals surface area (Å²) >= 11 is 0. The van der Waals surface area contributed by atoms with E-state index in [1.54, 1.807) is 30.0 Å². The van der Waals surface area contributed by atoms with Gasteiger partial charge in [0.05, 0.1) is 11.2 Å². The Labute approximate surface area is 183 Å². The van der Waals surface area contributed by atoms with Crippen LogP contribution in [0.15, 0.2) is 45.9 Å². The highest BCUT2D eigenvalue weighted by Gasteiger charge is 2.35. The van der Waals surface area contributed by atoms with Gasteiger partial charge in [-0.3, -0.25) is 9.59 Å². The van der Waals surface area contributed by atoms with Crippen molar-refractivity contribution in [1.29, 1.82) is 0 Å². The molecule has 1 aromatic heterocycles. The average Bonchev–Trinajstić information content (AvgIpc) is 3.28.